The summed E-state index contributed by atoms with van der Waals surface area (Å²) in [7, 11) is 0. The van der Waals surface area contributed by atoms with E-state index in [0.717, 1.165) is 0 Å². The van der Waals surface area contributed by atoms with Crippen molar-refractivity contribution in [3.63, 3.8) is 0 Å². The van der Waals surface area contributed by atoms with Gasteiger partial charge in [0.15, 0.2) is 0 Å². The summed E-state index contributed by atoms with van der Waals surface area (Å²) in [5, 5.41) is 0. The van der Waals surface area contributed by atoms with Crippen LogP contribution in [0.15, 0.2) is 12.3 Å². The molecule has 0 aliphatic carbocycles. The van der Waals surface area contributed by atoms with E-state index in [1.165, 1.54) is 5.56 Å². The monoisotopic (exact) mass is 169 g/mol. The predicted molar refractivity (Wildman–Crippen MR) is 24.4 cm³/mol. The fourth-order valence-electron chi connectivity index (χ4n) is 0.353. The molecular formula is C5H6NY-. The number of H-pyrrole nitrogens is 1. The van der Waals surface area contributed by atoms with E-state index in [0.29, 0.717) is 0 Å². The summed E-state index contributed by atoms with van der Waals surface area (Å²) < 4.78 is 0. The first-order valence-electron chi connectivity index (χ1n) is 1.90. The second-order valence-corrected chi connectivity index (χ2v) is 1.32. The maximum atomic E-state index is 2.80. The number of nitrogens with one attached hydrogen (secondary N) is 1. The largest absolute Gasteiger partial charge is 0.484 e. The third kappa shape index (κ3) is 2.25. The number of aryl methyl sites for hydroxylation is 1. The Bertz CT molecular complexity index is 112. The van der Waals surface area contributed by atoms with Gasteiger partial charge in [-0.25, -0.2) is 0 Å². The zero-order valence-electron chi connectivity index (χ0n) is 4.23. The first-order valence-corrected chi connectivity index (χ1v) is 1.90. The van der Waals surface area contributed by atoms with Crippen LogP contribution in [0.25, 0.3) is 0 Å². The predicted octanol–water partition coefficient (Wildman–Crippen LogP) is 1.12. The van der Waals surface area contributed by atoms with Crippen molar-refractivity contribution in [2.75, 3.05) is 0 Å². The standard InChI is InChI=1S/C5H6N.Y/c1-5-2-3-6-4-5;/h2,4,6H,1H3;/q-1;. The summed E-state index contributed by atoms with van der Waals surface area (Å²) in [4.78, 5) is 2.80. The van der Waals surface area contributed by atoms with E-state index in [4.69, 9.17) is 0 Å². The van der Waals surface area contributed by atoms with E-state index in [2.05, 4.69) is 11.2 Å². The molecule has 2 heteroatoms. The molecule has 0 atom stereocenters. The van der Waals surface area contributed by atoms with Crippen LogP contribution < -0.4 is 0 Å². The van der Waals surface area contributed by atoms with E-state index in [9.17, 15) is 0 Å². The van der Waals surface area contributed by atoms with Crippen LogP contribution in [0.4, 0.5) is 0 Å². The van der Waals surface area contributed by atoms with E-state index in [-0.39, 0.29) is 32.7 Å². The van der Waals surface area contributed by atoms with Gasteiger partial charge in [-0.1, -0.05) is 6.92 Å². The maximum absolute atomic E-state index is 2.80. The van der Waals surface area contributed by atoms with Gasteiger partial charge in [-0.05, 0) is 0 Å². The molecule has 0 saturated heterocycles. The van der Waals surface area contributed by atoms with Crippen molar-refractivity contribution in [3.05, 3.63) is 24.0 Å². The third-order valence-corrected chi connectivity index (χ3v) is 0.683. The molecule has 1 rings (SSSR count). The van der Waals surface area contributed by atoms with Gasteiger partial charge in [0.2, 0.25) is 0 Å². The minimum Gasteiger partial charge on any atom is -0.484 e. The minimum atomic E-state index is 0. The topological polar surface area (TPSA) is 15.8 Å². The van der Waals surface area contributed by atoms with Gasteiger partial charge in [0.1, 0.15) is 0 Å². The molecule has 1 heterocycles. The average Bonchev–Trinajstić information content (AvgIpc) is 1.86. The van der Waals surface area contributed by atoms with Crippen LogP contribution in [0.5, 0.6) is 0 Å². The number of aromatic amines is 1. The van der Waals surface area contributed by atoms with Gasteiger partial charge < -0.3 is 4.98 Å². The molecule has 1 aromatic heterocycles. The molecule has 1 N–H and O–H groups in total. The van der Waals surface area contributed by atoms with E-state index in [1.807, 2.05) is 19.2 Å². The average molecular weight is 169 g/mol. The summed E-state index contributed by atoms with van der Waals surface area (Å²) >= 11 is 0. The number of hydrogen-bond acceptors (Lipinski definition) is 0. The van der Waals surface area contributed by atoms with Crippen LogP contribution in [-0.2, 0) is 32.7 Å². The number of aromatic nitrogens is 1. The Morgan fingerprint density at radius 3 is 2.57 bits per heavy atom. The molecule has 0 spiro atoms. The first-order chi connectivity index (χ1) is 2.89. The van der Waals surface area contributed by atoms with E-state index in [1.54, 1.807) is 0 Å². The van der Waals surface area contributed by atoms with Crippen molar-refractivity contribution in [1.82, 2.24) is 4.98 Å². The fourth-order valence-corrected chi connectivity index (χ4v) is 0.353. The molecule has 0 fully saturated rings. The van der Waals surface area contributed by atoms with Crippen LogP contribution in [0.2, 0.25) is 0 Å². The van der Waals surface area contributed by atoms with Crippen molar-refractivity contribution < 1.29 is 32.7 Å². The summed E-state index contributed by atoms with van der Waals surface area (Å²) in [6, 6.07) is 1.90. The van der Waals surface area contributed by atoms with E-state index >= 15 is 0 Å². The molecule has 0 unspecified atom stereocenters. The van der Waals surface area contributed by atoms with Gasteiger partial charge in [0.05, 0.1) is 0 Å². The molecule has 0 aromatic carbocycles. The molecule has 1 nitrogen and oxygen atoms in total. The molecule has 1 radical (unpaired) electrons. The second kappa shape index (κ2) is 3.39. The fraction of sp³-hybridized carbons (Fsp3) is 0.200. The Hall–Kier alpha value is 0.384. The Morgan fingerprint density at radius 1 is 1.71 bits per heavy atom. The van der Waals surface area contributed by atoms with Gasteiger partial charge in [-0.2, -0.15) is 11.6 Å². The SMILES string of the molecule is Cc1c[c-][nH]c1.[Y]. The quantitative estimate of drug-likeness (QED) is 0.560. The first kappa shape index (κ1) is 7.38. The van der Waals surface area contributed by atoms with Gasteiger partial charge in [0, 0.05) is 32.7 Å². The van der Waals surface area contributed by atoms with Crippen LogP contribution in [0, 0.1) is 13.1 Å². The molecule has 0 aliphatic heterocycles. The van der Waals surface area contributed by atoms with Crippen LogP contribution in [0.1, 0.15) is 5.56 Å². The molecule has 7 heavy (non-hydrogen) atoms. The zero-order valence-corrected chi connectivity index (χ0v) is 7.07. The molecular weight excluding hydrogens is 163 g/mol. The molecule has 0 aliphatic rings. The van der Waals surface area contributed by atoms with Crippen molar-refractivity contribution >= 4 is 0 Å². The number of hydrogen-bond donors (Lipinski definition) is 1. The Balaban J connectivity index is 0.000000360. The number of rotatable bonds is 0. The summed E-state index contributed by atoms with van der Waals surface area (Å²) in [6.07, 6.45) is 4.71. The van der Waals surface area contributed by atoms with Gasteiger partial charge in [-0.3, -0.25) is 0 Å². The normalized spacial score (nSPS) is 7.57. The van der Waals surface area contributed by atoms with Gasteiger partial charge in [0.25, 0.3) is 0 Å². The zero-order chi connectivity index (χ0) is 4.41. The summed E-state index contributed by atoms with van der Waals surface area (Å²) in [5.74, 6) is 0. The molecule has 1 aromatic rings. The summed E-state index contributed by atoms with van der Waals surface area (Å²) in [5.41, 5.74) is 1.23. The van der Waals surface area contributed by atoms with Crippen LogP contribution in [0.3, 0.4) is 0 Å². The van der Waals surface area contributed by atoms with E-state index < -0.39 is 0 Å². The maximum Gasteiger partial charge on any atom is 0 e. The molecule has 0 bridgehead atoms. The second-order valence-electron chi connectivity index (χ2n) is 1.32. The Morgan fingerprint density at radius 2 is 2.43 bits per heavy atom. The smallest absolute Gasteiger partial charge is 0 e. The van der Waals surface area contributed by atoms with Gasteiger partial charge in [-0.15, -0.1) is 12.4 Å². The van der Waals surface area contributed by atoms with Crippen LogP contribution >= 0.6 is 0 Å². The molecule has 0 saturated carbocycles. The van der Waals surface area contributed by atoms with Crippen molar-refractivity contribution in [3.8, 4) is 0 Å². The van der Waals surface area contributed by atoms with Crippen molar-refractivity contribution in [2.24, 2.45) is 0 Å². The van der Waals surface area contributed by atoms with Gasteiger partial charge >= 0.3 is 0 Å². The van der Waals surface area contributed by atoms with Crippen molar-refractivity contribution in [2.45, 2.75) is 6.92 Å². The Labute approximate surface area is 68.4 Å². The Kier molecular flexibility index (Phi) is 3.58. The van der Waals surface area contributed by atoms with Crippen molar-refractivity contribution in [1.29, 1.82) is 0 Å². The molecule has 35 valence electrons. The minimum absolute atomic E-state index is 0. The summed E-state index contributed by atoms with van der Waals surface area (Å²) in [6.45, 7) is 2.02. The van der Waals surface area contributed by atoms with Crippen LogP contribution in [-0.4, -0.2) is 4.98 Å². The molecule has 0 amide bonds. The third-order valence-electron chi connectivity index (χ3n) is 0.683.